The van der Waals surface area contributed by atoms with Crippen LogP contribution in [0.5, 0.6) is 5.75 Å². The Morgan fingerprint density at radius 1 is 1.10 bits per heavy atom. The quantitative estimate of drug-likeness (QED) is 0.662. The van der Waals surface area contributed by atoms with E-state index in [1.165, 1.54) is 0 Å². The summed E-state index contributed by atoms with van der Waals surface area (Å²) >= 11 is 0. The number of hydrogen-bond acceptors (Lipinski definition) is 3. The topological polar surface area (TPSA) is 63.3 Å². The largest absolute Gasteiger partial charge is 0.508 e. The van der Waals surface area contributed by atoms with Gasteiger partial charge in [-0.3, -0.25) is 4.79 Å². The van der Waals surface area contributed by atoms with Crippen LogP contribution < -0.4 is 5.73 Å². The predicted octanol–water partition coefficient (Wildman–Crippen LogP) is 3.95. The van der Waals surface area contributed by atoms with Gasteiger partial charge in [-0.05, 0) is 66.8 Å². The molecule has 0 aliphatic carbocycles. The number of phenolic OH excluding ortho intramolecular Hbond substituents is 1. The Morgan fingerprint density at radius 3 is 2.19 bits per heavy atom. The molecule has 2 rings (SSSR count). The average Bonchev–Trinajstić information content (AvgIpc) is 2.37. The van der Waals surface area contributed by atoms with Crippen molar-refractivity contribution in [1.29, 1.82) is 0 Å². The van der Waals surface area contributed by atoms with Crippen molar-refractivity contribution in [2.45, 2.75) is 33.6 Å². The number of rotatable bonds is 3. The minimum atomic E-state index is -0.0353. The van der Waals surface area contributed by atoms with Crippen LogP contribution >= 0.6 is 0 Å². The minimum Gasteiger partial charge on any atom is -0.508 e. The number of aromatic hydroxyl groups is 1. The lowest BCUT2D eigenvalue weighted by atomic mass is 9.91. The van der Waals surface area contributed by atoms with Crippen LogP contribution in [0.25, 0.3) is 0 Å². The Kier molecular flexibility index (Phi) is 4.03. The number of phenols is 1. The number of nitrogens with two attached hydrogens (primary N) is 1. The number of anilines is 1. The zero-order valence-corrected chi connectivity index (χ0v) is 12.9. The molecule has 0 saturated carbocycles. The van der Waals surface area contributed by atoms with Crippen molar-refractivity contribution in [3.8, 4) is 5.75 Å². The summed E-state index contributed by atoms with van der Waals surface area (Å²) in [7, 11) is 0. The minimum absolute atomic E-state index is 0.0353. The third kappa shape index (κ3) is 2.92. The van der Waals surface area contributed by atoms with Crippen LogP contribution in [0.3, 0.4) is 0 Å². The smallest absolute Gasteiger partial charge is 0.193 e. The van der Waals surface area contributed by atoms with E-state index >= 15 is 0 Å². The molecule has 0 saturated heterocycles. The maximum Gasteiger partial charge on any atom is 0.193 e. The van der Waals surface area contributed by atoms with Crippen LogP contribution in [0.15, 0.2) is 30.3 Å². The van der Waals surface area contributed by atoms with E-state index < -0.39 is 0 Å². The molecule has 2 aromatic carbocycles. The molecule has 0 amide bonds. The molecule has 0 spiro atoms. The molecule has 110 valence electrons. The molecule has 3 heteroatoms. The van der Waals surface area contributed by atoms with E-state index in [2.05, 4.69) is 0 Å². The lowest BCUT2D eigenvalue weighted by Gasteiger charge is -2.13. The highest BCUT2D eigenvalue weighted by Crippen LogP contribution is 2.28. The van der Waals surface area contributed by atoms with Crippen molar-refractivity contribution < 1.29 is 9.90 Å². The van der Waals surface area contributed by atoms with E-state index in [-0.39, 0.29) is 17.5 Å². The third-order valence-electron chi connectivity index (χ3n) is 3.69. The van der Waals surface area contributed by atoms with Gasteiger partial charge in [0.15, 0.2) is 5.78 Å². The Hall–Kier alpha value is -2.29. The fraction of sp³-hybridized carbons (Fsp3) is 0.278. The molecule has 0 aromatic heterocycles. The van der Waals surface area contributed by atoms with Crippen molar-refractivity contribution in [2.24, 2.45) is 0 Å². The van der Waals surface area contributed by atoms with Gasteiger partial charge in [0, 0.05) is 16.8 Å². The van der Waals surface area contributed by atoms with E-state index in [1.807, 2.05) is 39.8 Å². The molecule has 0 aliphatic rings. The zero-order chi connectivity index (χ0) is 15.7. The zero-order valence-electron chi connectivity index (χ0n) is 12.9. The van der Waals surface area contributed by atoms with Crippen LogP contribution in [0.2, 0.25) is 0 Å². The summed E-state index contributed by atoms with van der Waals surface area (Å²) in [4.78, 5) is 12.8. The second-order valence-corrected chi connectivity index (χ2v) is 5.79. The van der Waals surface area contributed by atoms with Crippen LogP contribution in [0, 0.1) is 13.8 Å². The first-order valence-corrected chi connectivity index (χ1v) is 7.05. The molecule has 2 aromatic rings. The summed E-state index contributed by atoms with van der Waals surface area (Å²) in [5.41, 5.74) is 10.3. The molecule has 0 bridgehead atoms. The predicted molar refractivity (Wildman–Crippen MR) is 86.0 cm³/mol. The highest BCUT2D eigenvalue weighted by atomic mass is 16.3. The number of carbonyl (C=O) groups excluding carboxylic acids is 1. The summed E-state index contributed by atoms with van der Waals surface area (Å²) in [6.07, 6.45) is 0. The summed E-state index contributed by atoms with van der Waals surface area (Å²) in [6, 6.07) is 8.65. The van der Waals surface area contributed by atoms with E-state index in [4.69, 9.17) is 5.73 Å². The second-order valence-electron chi connectivity index (χ2n) is 5.79. The van der Waals surface area contributed by atoms with Crippen LogP contribution in [0.4, 0.5) is 5.69 Å². The number of hydrogen-bond donors (Lipinski definition) is 2. The van der Waals surface area contributed by atoms with Gasteiger partial charge < -0.3 is 10.8 Å². The standard InChI is InChI=1S/C18H21NO2/c1-10(2)15-9-13(5-6-16(15)20)18(21)17-11(3)7-14(19)8-12(17)4/h5-10,20H,19H2,1-4H3. The van der Waals surface area contributed by atoms with Gasteiger partial charge in [0.2, 0.25) is 0 Å². The molecule has 0 unspecified atom stereocenters. The van der Waals surface area contributed by atoms with Crippen molar-refractivity contribution in [1.82, 2.24) is 0 Å². The fourth-order valence-electron chi connectivity index (χ4n) is 2.66. The van der Waals surface area contributed by atoms with E-state index in [1.54, 1.807) is 18.2 Å². The van der Waals surface area contributed by atoms with Crippen molar-refractivity contribution in [3.05, 3.63) is 58.1 Å². The molecule has 0 heterocycles. The Labute approximate surface area is 125 Å². The highest BCUT2D eigenvalue weighted by molar-refractivity contribution is 6.11. The highest BCUT2D eigenvalue weighted by Gasteiger charge is 2.17. The molecule has 0 fully saturated rings. The summed E-state index contributed by atoms with van der Waals surface area (Å²) in [6.45, 7) is 7.76. The molecular weight excluding hydrogens is 262 g/mol. The van der Waals surface area contributed by atoms with Gasteiger partial charge >= 0.3 is 0 Å². The van der Waals surface area contributed by atoms with Crippen LogP contribution in [-0.4, -0.2) is 10.9 Å². The van der Waals surface area contributed by atoms with E-state index in [9.17, 15) is 9.90 Å². The average molecular weight is 283 g/mol. The number of aryl methyl sites for hydroxylation is 2. The number of nitrogen functional groups attached to an aromatic ring is 1. The molecule has 0 radical (unpaired) electrons. The fourth-order valence-corrected chi connectivity index (χ4v) is 2.66. The lowest BCUT2D eigenvalue weighted by Crippen LogP contribution is -2.08. The molecule has 0 atom stereocenters. The summed E-state index contributed by atoms with van der Waals surface area (Å²) in [5, 5.41) is 9.88. The van der Waals surface area contributed by atoms with Crippen molar-refractivity contribution >= 4 is 11.5 Å². The first kappa shape index (κ1) is 15.1. The Balaban J connectivity index is 2.53. The lowest BCUT2D eigenvalue weighted by molar-refractivity contribution is 0.103. The monoisotopic (exact) mass is 283 g/mol. The van der Waals surface area contributed by atoms with Crippen LogP contribution in [0.1, 0.15) is 52.4 Å². The number of carbonyl (C=O) groups is 1. The molecular formula is C18H21NO2. The number of benzene rings is 2. The van der Waals surface area contributed by atoms with E-state index in [0.29, 0.717) is 16.8 Å². The third-order valence-corrected chi connectivity index (χ3v) is 3.69. The Bertz CT molecular complexity index is 679. The maximum absolute atomic E-state index is 12.8. The first-order valence-electron chi connectivity index (χ1n) is 7.05. The van der Waals surface area contributed by atoms with Gasteiger partial charge in [-0.1, -0.05) is 13.8 Å². The van der Waals surface area contributed by atoms with Gasteiger partial charge in [-0.25, -0.2) is 0 Å². The SMILES string of the molecule is Cc1cc(N)cc(C)c1C(=O)c1ccc(O)c(C(C)C)c1. The molecule has 3 N–H and O–H groups in total. The van der Waals surface area contributed by atoms with Gasteiger partial charge in [-0.2, -0.15) is 0 Å². The van der Waals surface area contributed by atoms with Gasteiger partial charge in [0.05, 0.1) is 0 Å². The van der Waals surface area contributed by atoms with E-state index in [0.717, 1.165) is 16.7 Å². The normalized spacial score (nSPS) is 10.9. The van der Waals surface area contributed by atoms with Gasteiger partial charge in [0.25, 0.3) is 0 Å². The molecule has 3 nitrogen and oxygen atoms in total. The van der Waals surface area contributed by atoms with Crippen molar-refractivity contribution in [3.63, 3.8) is 0 Å². The summed E-state index contributed by atoms with van der Waals surface area (Å²) in [5.74, 6) is 0.352. The first-order chi connectivity index (χ1) is 9.81. The van der Waals surface area contributed by atoms with Gasteiger partial charge in [-0.15, -0.1) is 0 Å². The van der Waals surface area contributed by atoms with Crippen molar-refractivity contribution in [2.75, 3.05) is 5.73 Å². The van der Waals surface area contributed by atoms with Gasteiger partial charge in [0.1, 0.15) is 5.75 Å². The second kappa shape index (κ2) is 5.60. The van der Waals surface area contributed by atoms with Crippen LogP contribution in [-0.2, 0) is 0 Å². The molecule has 0 aliphatic heterocycles. The number of ketones is 1. The Morgan fingerprint density at radius 2 is 1.67 bits per heavy atom. The maximum atomic E-state index is 12.8. The summed E-state index contributed by atoms with van der Waals surface area (Å²) < 4.78 is 0. The molecule has 21 heavy (non-hydrogen) atoms.